The maximum atomic E-state index is 7.96. The van der Waals surface area contributed by atoms with E-state index in [1.165, 1.54) is 5.56 Å². The van der Waals surface area contributed by atoms with Crippen LogP contribution in [0.2, 0.25) is 0 Å². The molecule has 1 aromatic carbocycles. The molecular weight excluding hydrogens is 354 g/mol. The van der Waals surface area contributed by atoms with Crippen LogP contribution < -0.4 is 0 Å². The Bertz CT molecular complexity index is 725. The molecule has 1 fully saturated rings. The molecule has 0 aliphatic heterocycles. The molecule has 4 nitrogen and oxygen atoms in total. The smallest absolute Gasteiger partial charge is 0.275 e. The van der Waals surface area contributed by atoms with Gasteiger partial charge in [0.05, 0.1) is 5.41 Å². The highest BCUT2D eigenvalue weighted by atomic mass is 79.9. The second-order valence-corrected chi connectivity index (χ2v) is 6.47. The molecule has 1 aliphatic carbocycles. The van der Waals surface area contributed by atoms with Crippen LogP contribution >= 0.6 is 15.9 Å². The van der Waals surface area contributed by atoms with E-state index in [0.717, 1.165) is 22.9 Å². The molecule has 0 radical (unpaired) electrons. The molecular formula is C18H22BrN3O. The SMILES string of the molecule is CC.CC(C)=CC(=N)c1nc(C2(c3ccccc3Br)CC2)no1. The summed E-state index contributed by atoms with van der Waals surface area (Å²) in [7, 11) is 0. The molecule has 23 heavy (non-hydrogen) atoms. The van der Waals surface area contributed by atoms with E-state index in [1.807, 2.05) is 45.9 Å². The summed E-state index contributed by atoms with van der Waals surface area (Å²) in [6, 6.07) is 8.14. The first kappa shape index (κ1) is 17.6. The number of hydrogen-bond acceptors (Lipinski definition) is 4. The fourth-order valence-corrected chi connectivity index (χ4v) is 3.13. The third-order valence-corrected chi connectivity index (χ3v) is 4.35. The molecule has 0 atom stereocenters. The summed E-state index contributed by atoms with van der Waals surface area (Å²) in [6.07, 6.45) is 3.74. The van der Waals surface area contributed by atoms with Gasteiger partial charge in [0, 0.05) is 4.47 Å². The van der Waals surface area contributed by atoms with Crippen molar-refractivity contribution in [2.75, 3.05) is 0 Å². The Kier molecular flexibility index (Phi) is 5.52. The lowest BCUT2D eigenvalue weighted by Crippen LogP contribution is -2.12. The molecule has 1 saturated carbocycles. The third-order valence-electron chi connectivity index (χ3n) is 3.66. The maximum absolute atomic E-state index is 7.96. The van der Waals surface area contributed by atoms with Gasteiger partial charge in [0.1, 0.15) is 5.71 Å². The quantitative estimate of drug-likeness (QED) is 0.739. The number of aromatic nitrogens is 2. The van der Waals surface area contributed by atoms with Crippen molar-refractivity contribution in [2.45, 2.75) is 46.0 Å². The van der Waals surface area contributed by atoms with E-state index in [1.54, 1.807) is 6.08 Å². The van der Waals surface area contributed by atoms with Crippen LogP contribution in [0.4, 0.5) is 0 Å². The van der Waals surface area contributed by atoms with Crippen LogP contribution in [0.1, 0.15) is 57.8 Å². The standard InChI is InChI=1S/C16H16BrN3O.C2H6/c1-10(2)9-13(18)14-19-15(20-21-14)16(7-8-16)11-5-3-4-6-12(11)17;1-2/h3-6,9,18H,7-8H2,1-2H3;1-2H3. The van der Waals surface area contributed by atoms with Crippen LogP contribution in [0.25, 0.3) is 0 Å². The van der Waals surface area contributed by atoms with Crippen molar-refractivity contribution < 1.29 is 4.52 Å². The number of halogens is 1. The predicted octanol–water partition coefficient (Wildman–Crippen LogP) is 5.27. The van der Waals surface area contributed by atoms with Crippen molar-refractivity contribution in [2.24, 2.45) is 0 Å². The van der Waals surface area contributed by atoms with Gasteiger partial charge >= 0.3 is 0 Å². The Balaban J connectivity index is 0.000000924. The minimum absolute atomic E-state index is 0.160. The molecule has 0 spiro atoms. The summed E-state index contributed by atoms with van der Waals surface area (Å²) in [5.74, 6) is 0.959. The zero-order valence-electron chi connectivity index (χ0n) is 14.0. The van der Waals surface area contributed by atoms with E-state index < -0.39 is 0 Å². The monoisotopic (exact) mass is 375 g/mol. The molecule has 0 saturated heterocycles. The number of nitrogens with zero attached hydrogens (tertiary/aromatic N) is 2. The number of hydrogen-bond donors (Lipinski definition) is 1. The van der Waals surface area contributed by atoms with Crippen molar-refractivity contribution in [1.29, 1.82) is 5.41 Å². The highest BCUT2D eigenvalue weighted by Gasteiger charge is 2.51. The molecule has 1 aromatic heterocycles. The van der Waals surface area contributed by atoms with Crippen molar-refractivity contribution in [3.05, 3.63) is 57.7 Å². The summed E-state index contributed by atoms with van der Waals surface area (Å²) in [5.41, 5.74) is 2.32. The van der Waals surface area contributed by atoms with Crippen molar-refractivity contribution >= 4 is 21.6 Å². The molecule has 0 unspecified atom stereocenters. The van der Waals surface area contributed by atoms with Crippen LogP contribution in [0, 0.1) is 5.41 Å². The molecule has 2 aromatic rings. The molecule has 5 heteroatoms. The molecule has 1 aliphatic rings. The first-order valence-corrected chi connectivity index (χ1v) is 8.65. The van der Waals surface area contributed by atoms with E-state index in [-0.39, 0.29) is 17.0 Å². The first-order valence-electron chi connectivity index (χ1n) is 7.86. The molecule has 1 N–H and O–H groups in total. The average molecular weight is 376 g/mol. The molecule has 3 rings (SSSR count). The van der Waals surface area contributed by atoms with Crippen LogP contribution in [0.5, 0.6) is 0 Å². The fraction of sp³-hybridized carbons (Fsp3) is 0.389. The van der Waals surface area contributed by atoms with Crippen molar-refractivity contribution in [3.63, 3.8) is 0 Å². The Labute approximate surface area is 145 Å². The molecule has 0 bridgehead atoms. The molecule has 0 amide bonds. The van der Waals surface area contributed by atoms with Crippen molar-refractivity contribution in [1.82, 2.24) is 10.1 Å². The van der Waals surface area contributed by atoms with Gasteiger partial charge in [-0.3, -0.25) is 5.41 Å². The summed E-state index contributed by atoms with van der Waals surface area (Å²) in [4.78, 5) is 4.45. The van der Waals surface area contributed by atoms with Crippen LogP contribution in [-0.2, 0) is 5.41 Å². The van der Waals surface area contributed by atoms with Crippen LogP contribution in [0.15, 0.2) is 44.9 Å². The maximum Gasteiger partial charge on any atom is 0.275 e. The second kappa shape index (κ2) is 7.21. The second-order valence-electron chi connectivity index (χ2n) is 5.62. The average Bonchev–Trinajstić information content (AvgIpc) is 3.18. The van der Waals surface area contributed by atoms with Gasteiger partial charge in [-0.15, -0.1) is 0 Å². The fourth-order valence-electron chi connectivity index (χ4n) is 2.47. The van der Waals surface area contributed by atoms with Gasteiger partial charge in [0.15, 0.2) is 5.82 Å². The topological polar surface area (TPSA) is 62.8 Å². The van der Waals surface area contributed by atoms with Gasteiger partial charge in [-0.1, -0.05) is 58.7 Å². The minimum atomic E-state index is -0.160. The Morgan fingerprint density at radius 1 is 1.26 bits per heavy atom. The van der Waals surface area contributed by atoms with Crippen LogP contribution in [0.3, 0.4) is 0 Å². The Hall–Kier alpha value is -1.75. The summed E-state index contributed by atoms with van der Waals surface area (Å²) in [6.45, 7) is 7.88. The number of benzene rings is 1. The van der Waals surface area contributed by atoms with Crippen molar-refractivity contribution in [3.8, 4) is 0 Å². The zero-order valence-corrected chi connectivity index (χ0v) is 15.6. The number of nitrogens with one attached hydrogen (secondary N) is 1. The summed E-state index contributed by atoms with van der Waals surface area (Å²) in [5, 5.41) is 12.1. The summed E-state index contributed by atoms with van der Waals surface area (Å²) >= 11 is 3.60. The molecule has 1 heterocycles. The lowest BCUT2D eigenvalue weighted by atomic mass is 9.95. The molecule has 122 valence electrons. The van der Waals surface area contributed by atoms with Gasteiger partial charge in [-0.25, -0.2) is 0 Å². The third kappa shape index (κ3) is 3.61. The van der Waals surface area contributed by atoms with E-state index in [0.29, 0.717) is 5.82 Å². The van der Waals surface area contributed by atoms with E-state index in [9.17, 15) is 0 Å². The minimum Gasteiger partial charge on any atom is -0.332 e. The number of allylic oxidation sites excluding steroid dienone is 2. The van der Waals surface area contributed by atoms with Crippen LogP contribution in [-0.4, -0.2) is 15.9 Å². The Morgan fingerprint density at radius 2 is 1.91 bits per heavy atom. The van der Waals surface area contributed by atoms with E-state index in [4.69, 9.17) is 9.93 Å². The highest BCUT2D eigenvalue weighted by molar-refractivity contribution is 9.10. The number of rotatable bonds is 4. The highest BCUT2D eigenvalue weighted by Crippen LogP contribution is 2.54. The normalized spacial score (nSPS) is 14.5. The van der Waals surface area contributed by atoms with Gasteiger partial charge in [0.25, 0.3) is 5.89 Å². The zero-order chi connectivity index (χ0) is 17.0. The Morgan fingerprint density at radius 3 is 2.48 bits per heavy atom. The van der Waals surface area contributed by atoms with E-state index >= 15 is 0 Å². The van der Waals surface area contributed by atoms with Gasteiger partial charge < -0.3 is 4.52 Å². The van der Waals surface area contributed by atoms with Gasteiger partial charge in [-0.05, 0) is 44.4 Å². The first-order chi connectivity index (χ1) is 11.0. The largest absolute Gasteiger partial charge is 0.332 e. The van der Waals surface area contributed by atoms with Gasteiger partial charge in [-0.2, -0.15) is 4.98 Å². The van der Waals surface area contributed by atoms with E-state index in [2.05, 4.69) is 32.1 Å². The van der Waals surface area contributed by atoms with Gasteiger partial charge in [0.2, 0.25) is 0 Å². The predicted molar refractivity (Wildman–Crippen MR) is 96.1 cm³/mol. The summed E-state index contributed by atoms with van der Waals surface area (Å²) < 4.78 is 6.33. The lowest BCUT2D eigenvalue weighted by Gasteiger charge is -2.12. The lowest BCUT2D eigenvalue weighted by molar-refractivity contribution is 0.400.